The third kappa shape index (κ3) is 4.49. The smallest absolute Gasteiger partial charge is 0.257 e. The first kappa shape index (κ1) is 22.2. The Kier molecular flexibility index (Phi) is 6.24. The zero-order valence-corrected chi connectivity index (χ0v) is 18.8. The molecule has 7 nitrogen and oxygen atoms in total. The SMILES string of the molecule is COc1cccc(CN(C)C(=O)c2cc(-c3ccnn3-c3ccccc3Cl)c(O)cc2O)c1. The molecule has 2 N–H and O–H groups in total. The van der Waals surface area contributed by atoms with Gasteiger partial charge in [-0.05, 0) is 42.0 Å². The molecule has 1 aromatic heterocycles. The molecule has 0 spiro atoms. The summed E-state index contributed by atoms with van der Waals surface area (Å²) in [6, 6.07) is 18.9. The van der Waals surface area contributed by atoms with E-state index in [1.165, 1.54) is 11.0 Å². The minimum atomic E-state index is -0.402. The summed E-state index contributed by atoms with van der Waals surface area (Å²) in [6.45, 7) is 0.309. The minimum absolute atomic E-state index is 0.0557. The first-order valence-corrected chi connectivity index (χ1v) is 10.5. The molecular formula is C25H22ClN3O4. The van der Waals surface area contributed by atoms with Crippen molar-refractivity contribution in [1.82, 2.24) is 14.7 Å². The zero-order valence-electron chi connectivity index (χ0n) is 18.1. The number of carbonyl (C=O) groups excluding carboxylic acids is 1. The summed E-state index contributed by atoms with van der Waals surface area (Å²) in [5.41, 5.74) is 2.41. The molecular weight excluding hydrogens is 442 g/mol. The van der Waals surface area contributed by atoms with Crippen LogP contribution in [0.2, 0.25) is 5.02 Å². The third-order valence-corrected chi connectivity index (χ3v) is 5.56. The average Bonchev–Trinajstić information content (AvgIpc) is 3.28. The van der Waals surface area contributed by atoms with Gasteiger partial charge in [-0.3, -0.25) is 4.79 Å². The molecule has 3 aromatic carbocycles. The number of para-hydroxylation sites is 1. The van der Waals surface area contributed by atoms with Crippen LogP contribution in [0.15, 0.2) is 72.9 Å². The van der Waals surface area contributed by atoms with Crippen molar-refractivity contribution in [2.75, 3.05) is 14.2 Å². The second-order valence-electron chi connectivity index (χ2n) is 7.48. The molecule has 1 heterocycles. The number of aromatic hydroxyl groups is 2. The number of carbonyl (C=O) groups is 1. The van der Waals surface area contributed by atoms with Crippen LogP contribution in [-0.4, -0.2) is 45.0 Å². The lowest BCUT2D eigenvalue weighted by molar-refractivity contribution is 0.0782. The summed E-state index contributed by atoms with van der Waals surface area (Å²) in [6.07, 6.45) is 1.57. The van der Waals surface area contributed by atoms with Gasteiger partial charge in [0.2, 0.25) is 0 Å². The number of amides is 1. The minimum Gasteiger partial charge on any atom is -0.507 e. The van der Waals surface area contributed by atoms with Gasteiger partial charge >= 0.3 is 0 Å². The fourth-order valence-electron chi connectivity index (χ4n) is 3.60. The van der Waals surface area contributed by atoms with Crippen molar-refractivity contribution in [2.45, 2.75) is 6.54 Å². The van der Waals surface area contributed by atoms with Crippen molar-refractivity contribution >= 4 is 17.5 Å². The van der Waals surface area contributed by atoms with Crippen molar-refractivity contribution in [3.63, 3.8) is 0 Å². The zero-order chi connectivity index (χ0) is 23.5. The van der Waals surface area contributed by atoms with E-state index in [0.29, 0.717) is 34.3 Å². The Hall–Kier alpha value is -3.97. The van der Waals surface area contributed by atoms with Crippen LogP contribution >= 0.6 is 11.6 Å². The van der Waals surface area contributed by atoms with Gasteiger partial charge in [0.05, 0.1) is 35.3 Å². The highest BCUT2D eigenvalue weighted by atomic mass is 35.5. The van der Waals surface area contributed by atoms with Gasteiger partial charge in [0.25, 0.3) is 5.91 Å². The van der Waals surface area contributed by atoms with E-state index in [4.69, 9.17) is 16.3 Å². The van der Waals surface area contributed by atoms with Gasteiger partial charge in [-0.2, -0.15) is 5.10 Å². The Labute approximate surface area is 196 Å². The van der Waals surface area contributed by atoms with Gasteiger partial charge in [-0.15, -0.1) is 0 Å². The van der Waals surface area contributed by atoms with E-state index in [9.17, 15) is 15.0 Å². The molecule has 1 amide bonds. The third-order valence-electron chi connectivity index (χ3n) is 5.24. The molecule has 0 aliphatic carbocycles. The fraction of sp³-hybridized carbons (Fsp3) is 0.120. The van der Waals surface area contributed by atoms with E-state index >= 15 is 0 Å². The van der Waals surface area contributed by atoms with Crippen molar-refractivity contribution < 1.29 is 19.7 Å². The quantitative estimate of drug-likeness (QED) is 0.425. The Morgan fingerprint density at radius 2 is 1.85 bits per heavy atom. The summed E-state index contributed by atoms with van der Waals surface area (Å²) in [4.78, 5) is 14.7. The number of phenolic OH excluding ortho intramolecular Hbond substituents is 2. The molecule has 0 atom stereocenters. The summed E-state index contributed by atoms with van der Waals surface area (Å²) in [7, 11) is 3.22. The predicted molar refractivity (Wildman–Crippen MR) is 126 cm³/mol. The molecule has 0 unspecified atom stereocenters. The van der Waals surface area contributed by atoms with E-state index in [2.05, 4.69) is 5.10 Å². The van der Waals surface area contributed by atoms with E-state index < -0.39 is 5.91 Å². The number of hydrogen-bond donors (Lipinski definition) is 2. The maximum Gasteiger partial charge on any atom is 0.257 e. The molecule has 4 rings (SSSR count). The highest BCUT2D eigenvalue weighted by molar-refractivity contribution is 6.32. The molecule has 33 heavy (non-hydrogen) atoms. The maximum absolute atomic E-state index is 13.2. The number of ether oxygens (including phenoxy) is 1. The van der Waals surface area contributed by atoms with Crippen LogP contribution in [0.4, 0.5) is 0 Å². The Balaban J connectivity index is 1.69. The van der Waals surface area contributed by atoms with E-state index in [1.807, 2.05) is 36.4 Å². The molecule has 0 fully saturated rings. The second kappa shape index (κ2) is 9.26. The molecule has 0 saturated carbocycles. The summed E-state index contributed by atoms with van der Waals surface area (Å²) >= 11 is 6.33. The molecule has 4 aromatic rings. The van der Waals surface area contributed by atoms with Crippen LogP contribution in [0.25, 0.3) is 16.9 Å². The molecule has 8 heteroatoms. The van der Waals surface area contributed by atoms with Crippen molar-refractivity contribution in [2.24, 2.45) is 0 Å². The number of methoxy groups -OCH3 is 1. The van der Waals surface area contributed by atoms with Crippen LogP contribution in [0, 0.1) is 0 Å². The van der Waals surface area contributed by atoms with Crippen LogP contribution < -0.4 is 4.74 Å². The van der Waals surface area contributed by atoms with Gasteiger partial charge in [0, 0.05) is 25.2 Å². The highest BCUT2D eigenvalue weighted by Gasteiger charge is 2.22. The molecule has 0 bridgehead atoms. The van der Waals surface area contributed by atoms with Crippen molar-refractivity contribution in [3.8, 4) is 34.2 Å². The number of halogens is 1. The highest BCUT2D eigenvalue weighted by Crippen LogP contribution is 2.37. The van der Waals surface area contributed by atoms with Crippen LogP contribution in [0.5, 0.6) is 17.2 Å². The van der Waals surface area contributed by atoms with Crippen molar-refractivity contribution in [3.05, 3.63) is 89.1 Å². The monoisotopic (exact) mass is 463 g/mol. The molecule has 0 aliphatic heterocycles. The van der Waals surface area contributed by atoms with Crippen LogP contribution in [-0.2, 0) is 6.54 Å². The van der Waals surface area contributed by atoms with Gasteiger partial charge in [-0.25, -0.2) is 4.68 Å². The lowest BCUT2D eigenvalue weighted by atomic mass is 10.0. The van der Waals surface area contributed by atoms with E-state index in [-0.39, 0.29) is 17.1 Å². The Morgan fingerprint density at radius 1 is 1.06 bits per heavy atom. The summed E-state index contributed by atoms with van der Waals surface area (Å²) in [5.74, 6) is -0.216. The Morgan fingerprint density at radius 3 is 2.61 bits per heavy atom. The topological polar surface area (TPSA) is 87.8 Å². The summed E-state index contributed by atoms with van der Waals surface area (Å²) in [5, 5.41) is 25.8. The fourth-order valence-corrected chi connectivity index (χ4v) is 3.81. The maximum atomic E-state index is 13.2. The predicted octanol–water partition coefficient (Wildman–Crippen LogP) is 4.88. The van der Waals surface area contributed by atoms with E-state index in [1.54, 1.807) is 43.2 Å². The molecule has 0 saturated heterocycles. The molecule has 0 aliphatic rings. The first-order chi connectivity index (χ1) is 15.9. The van der Waals surface area contributed by atoms with Gasteiger partial charge in [0.15, 0.2) is 0 Å². The van der Waals surface area contributed by atoms with Crippen LogP contribution in [0.1, 0.15) is 15.9 Å². The van der Waals surface area contributed by atoms with Crippen molar-refractivity contribution in [1.29, 1.82) is 0 Å². The number of phenols is 2. The standard InChI is InChI=1S/C25H22ClN3O4/c1-28(15-16-6-5-7-17(12-16)33-2)25(32)19-13-18(23(30)14-24(19)31)21-10-11-27-29(21)22-9-4-3-8-20(22)26/h3-14,30-31H,15H2,1-2H3. The number of benzene rings is 3. The van der Waals surface area contributed by atoms with E-state index in [0.717, 1.165) is 11.6 Å². The Bertz CT molecular complexity index is 1320. The van der Waals surface area contributed by atoms with Gasteiger partial charge in [0.1, 0.15) is 17.2 Å². The number of aromatic nitrogens is 2. The molecule has 168 valence electrons. The first-order valence-electron chi connectivity index (χ1n) is 10.1. The van der Waals surface area contributed by atoms with Gasteiger partial charge < -0.3 is 19.8 Å². The number of hydrogen-bond acceptors (Lipinski definition) is 5. The summed E-state index contributed by atoms with van der Waals surface area (Å²) < 4.78 is 6.81. The lowest BCUT2D eigenvalue weighted by Gasteiger charge is -2.19. The van der Waals surface area contributed by atoms with Gasteiger partial charge in [-0.1, -0.05) is 35.9 Å². The number of nitrogens with zero attached hydrogens (tertiary/aromatic N) is 3. The number of rotatable bonds is 6. The molecule has 0 radical (unpaired) electrons. The normalized spacial score (nSPS) is 10.8. The largest absolute Gasteiger partial charge is 0.507 e. The lowest BCUT2D eigenvalue weighted by Crippen LogP contribution is -2.26. The van der Waals surface area contributed by atoms with Crippen LogP contribution in [0.3, 0.4) is 0 Å². The average molecular weight is 464 g/mol. The second-order valence-corrected chi connectivity index (χ2v) is 7.89.